The van der Waals surface area contributed by atoms with Crippen LogP contribution in [-0.4, -0.2) is 14.1 Å². The number of anilines is 1. The topological polar surface area (TPSA) is 27.0 Å². The lowest BCUT2D eigenvalue weighted by Gasteiger charge is -2.14. The third-order valence-corrected chi connectivity index (χ3v) is 3.85. The van der Waals surface area contributed by atoms with Crippen molar-refractivity contribution in [2.75, 3.05) is 19.0 Å². The summed E-state index contributed by atoms with van der Waals surface area (Å²) in [5, 5.41) is 9.38. The van der Waals surface area contributed by atoms with Gasteiger partial charge >= 0.3 is 0 Å². The van der Waals surface area contributed by atoms with Crippen LogP contribution >= 0.6 is 15.9 Å². The summed E-state index contributed by atoms with van der Waals surface area (Å²) in [6, 6.07) is 18.7. The van der Waals surface area contributed by atoms with Gasteiger partial charge in [0, 0.05) is 24.3 Å². The van der Waals surface area contributed by atoms with E-state index >= 15 is 0 Å². The lowest BCUT2D eigenvalue weighted by Crippen LogP contribution is -2.08. The summed E-state index contributed by atoms with van der Waals surface area (Å²) in [5.41, 5.74) is 3.42. The lowest BCUT2D eigenvalue weighted by atomic mass is 9.93. The molecule has 0 aliphatic carbocycles. The molecule has 0 saturated heterocycles. The fourth-order valence-corrected chi connectivity index (χ4v) is 2.36. The van der Waals surface area contributed by atoms with Crippen molar-refractivity contribution in [1.29, 1.82) is 5.26 Å². The van der Waals surface area contributed by atoms with Crippen molar-refractivity contribution in [2.45, 2.75) is 12.3 Å². The summed E-state index contributed by atoms with van der Waals surface area (Å²) in [4.78, 5) is 2.07. The van der Waals surface area contributed by atoms with Crippen LogP contribution in [0.1, 0.15) is 17.0 Å². The van der Waals surface area contributed by atoms with E-state index in [1.54, 1.807) is 0 Å². The second-order valence-electron chi connectivity index (χ2n) is 5.00. The molecule has 0 aliphatic rings. The summed E-state index contributed by atoms with van der Waals surface area (Å²) in [7, 11) is 4.05. The molecule has 0 bridgehead atoms. The Labute approximate surface area is 128 Å². The number of benzene rings is 2. The molecule has 0 saturated carbocycles. The summed E-state index contributed by atoms with van der Waals surface area (Å²) >= 11 is 3.42. The van der Waals surface area contributed by atoms with E-state index < -0.39 is 0 Å². The molecule has 0 radical (unpaired) electrons. The third kappa shape index (κ3) is 3.61. The fraction of sp³-hybridized carbons (Fsp3) is 0.235. The Morgan fingerprint density at radius 2 is 1.65 bits per heavy atom. The predicted molar refractivity (Wildman–Crippen MR) is 87.0 cm³/mol. The van der Waals surface area contributed by atoms with Gasteiger partial charge in [-0.25, -0.2) is 0 Å². The lowest BCUT2D eigenvalue weighted by molar-refractivity contribution is 0.848. The first-order chi connectivity index (χ1) is 9.60. The molecule has 0 aromatic heterocycles. The molecule has 102 valence electrons. The molecule has 0 spiro atoms. The zero-order valence-corrected chi connectivity index (χ0v) is 13.3. The van der Waals surface area contributed by atoms with Gasteiger partial charge in [-0.3, -0.25) is 0 Å². The maximum atomic E-state index is 9.38. The van der Waals surface area contributed by atoms with Crippen LogP contribution in [0.25, 0.3) is 0 Å². The van der Waals surface area contributed by atoms with E-state index in [0.29, 0.717) is 0 Å². The number of rotatable bonds is 4. The van der Waals surface area contributed by atoms with Crippen LogP contribution in [0.5, 0.6) is 0 Å². The van der Waals surface area contributed by atoms with Crippen molar-refractivity contribution in [1.82, 2.24) is 0 Å². The maximum Gasteiger partial charge on any atom is 0.0753 e. The van der Waals surface area contributed by atoms with Crippen molar-refractivity contribution in [3.63, 3.8) is 0 Å². The second-order valence-corrected chi connectivity index (χ2v) is 5.91. The normalized spacial score (nSPS) is 11.7. The highest BCUT2D eigenvalue weighted by Gasteiger charge is 2.11. The van der Waals surface area contributed by atoms with Gasteiger partial charge in [0.25, 0.3) is 0 Å². The molecule has 0 N–H and O–H groups in total. The Morgan fingerprint density at radius 3 is 2.15 bits per heavy atom. The van der Waals surface area contributed by atoms with Gasteiger partial charge in [0.15, 0.2) is 0 Å². The largest absolute Gasteiger partial charge is 0.378 e. The molecular formula is C17H17BrN2. The van der Waals surface area contributed by atoms with Crippen LogP contribution in [0.3, 0.4) is 0 Å². The fourth-order valence-electron chi connectivity index (χ4n) is 2.10. The van der Waals surface area contributed by atoms with Gasteiger partial charge in [-0.2, -0.15) is 5.26 Å². The molecule has 0 amide bonds. The minimum absolute atomic E-state index is 0.103. The Hall–Kier alpha value is -1.79. The number of hydrogen-bond acceptors (Lipinski definition) is 2. The van der Waals surface area contributed by atoms with Crippen LogP contribution in [0.15, 0.2) is 53.0 Å². The first-order valence-electron chi connectivity index (χ1n) is 6.51. The maximum absolute atomic E-state index is 9.38. The third-order valence-electron chi connectivity index (χ3n) is 3.32. The molecule has 0 fully saturated rings. The van der Waals surface area contributed by atoms with E-state index in [1.807, 2.05) is 38.4 Å². The first kappa shape index (κ1) is 14.6. The average molecular weight is 329 g/mol. The van der Waals surface area contributed by atoms with Gasteiger partial charge in [0.2, 0.25) is 0 Å². The highest BCUT2D eigenvalue weighted by Crippen LogP contribution is 2.23. The Morgan fingerprint density at radius 1 is 1.05 bits per heavy atom. The van der Waals surface area contributed by atoms with Gasteiger partial charge in [-0.1, -0.05) is 40.2 Å². The summed E-state index contributed by atoms with van der Waals surface area (Å²) in [6.45, 7) is 0. The molecule has 2 rings (SSSR count). The quantitative estimate of drug-likeness (QED) is 0.833. The van der Waals surface area contributed by atoms with Crippen molar-refractivity contribution < 1.29 is 0 Å². The molecule has 1 atom stereocenters. The Balaban J connectivity index is 2.14. The molecule has 2 aromatic carbocycles. The molecule has 2 aromatic rings. The minimum Gasteiger partial charge on any atom is -0.378 e. The van der Waals surface area contributed by atoms with Crippen molar-refractivity contribution in [3.8, 4) is 6.07 Å². The van der Waals surface area contributed by atoms with Gasteiger partial charge in [0.1, 0.15) is 0 Å². The van der Waals surface area contributed by atoms with Gasteiger partial charge < -0.3 is 4.90 Å². The molecule has 0 heterocycles. The van der Waals surface area contributed by atoms with E-state index in [-0.39, 0.29) is 5.92 Å². The van der Waals surface area contributed by atoms with Crippen LogP contribution in [0.2, 0.25) is 0 Å². The molecule has 3 heteroatoms. The number of hydrogen-bond donors (Lipinski definition) is 0. The summed E-state index contributed by atoms with van der Waals surface area (Å²) in [6.07, 6.45) is 0.742. The molecule has 20 heavy (non-hydrogen) atoms. The molecule has 1 unspecified atom stereocenters. The predicted octanol–water partition coefficient (Wildman–Crippen LogP) is 4.36. The number of nitrogens with zero attached hydrogens (tertiary/aromatic N) is 2. The number of halogens is 1. The Kier molecular flexibility index (Phi) is 4.81. The van der Waals surface area contributed by atoms with Crippen LogP contribution in [0.4, 0.5) is 5.69 Å². The van der Waals surface area contributed by atoms with Crippen molar-refractivity contribution in [2.24, 2.45) is 0 Å². The standard InChI is InChI=1S/C17H17BrN2/c1-20(2)17-9-3-13(4-10-17)11-15(12-19)14-5-7-16(18)8-6-14/h3-10,15H,11H2,1-2H3. The first-order valence-corrected chi connectivity index (χ1v) is 7.31. The van der Waals surface area contributed by atoms with Crippen molar-refractivity contribution >= 4 is 21.6 Å². The van der Waals surface area contributed by atoms with Crippen LogP contribution < -0.4 is 4.90 Å². The van der Waals surface area contributed by atoms with Gasteiger partial charge in [0.05, 0.1) is 12.0 Å². The molecule has 2 nitrogen and oxygen atoms in total. The van der Waals surface area contributed by atoms with E-state index in [0.717, 1.165) is 16.5 Å². The zero-order chi connectivity index (χ0) is 14.5. The van der Waals surface area contributed by atoms with Crippen molar-refractivity contribution in [3.05, 3.63) is 64.1 Å². The second kappa shape index (κ2) is 6.58. The van der Waals surface area contributed by atoms with E-state index in [2.05, 4.69) is 51.2 Å². The smallest absolute Gasteiger partial charge is 0.0753 e. The van der Waals surface area contributed by atoms with E-state index in [9.17, 15) is 5.26 Å². The molecule has 0 aliphatic heterocycles. The SMILES string of the molecule is CN(C)c1ccc(CC(C#N)c2ccc(Br)cc2)cc1. The molecular weight excluding hydrogens is 312 g/mol. The highest BCUT2D eigenvalue weighted by atomic mass is 79.9. The minimum atomic E-state index is -0.103. The Bertz CT molecular complexity index is 594. The van der Waals surface area contributed by atoms with Gasteiger partial charge in [-0.05, 0) is 41.8 Å². The van der Waals surface area contributed by atoms with E-state index in [4.69, 9.17) is 0 Å². The number of nitriles is 1. The average Bonchev–Trinajstić information content (AvgIpc) is 2.46. The zero-order valence-electron chi connectivity index (χ0n) is 11.7. The highest BCUT2D eigenvalue weighted by molar-refractivity contribution is 9.10. The monoisotopic (exact) mass is 328 g/mol. The van der Waals surface area contributed by atoms with Crippen LogP contribution in [-0.2, 0) is 6.42 Å². The summed E-state index contributed by atoms with van der Waals surface area (Å²) < 4.78 is 1.04. The van der Waals surface area contributed by atoms with Gasteiger partial charge in [-0.15, -0.1) is 0 Å². The van der Waals surface area contributed by atoms with Crippen LogP contribution in [0, 0.1) is 11.3 Å². The summed E-state index contributed by atoms with van der Waals surface area (Å²) in [5.74, 6) is -0.103. The van der Waals surface area contributed by atoms with E-state index in [1.165, 1.54) is 11.3 Å².